The molecule has 2 aromatic rings. The molecular formula is C16H24N4O. The minimum atomic E-state index is 0.430. The maximum absolute atomic E-state index is 5.67. The van der Waals surface area contributed by atoms with Crippen LogP contribution in [-0.2, 0) is 6.54 Å². The van der Waals surface area contributed by atoms with Crippen LogP contribution in [0.5, 0.6) is 0 Å². The van der Waals surface area contributed by atoms with Gasteiger partial charge in [-0.05, 0) is 58.8 Å². The van der Waals surface area contributed by atoms with Gasteiger partial charge in [0.25, 0.3) is 0 Å². The second kappa shape index (κ2) is 6.02. The summed E-state index contributed by atoms with van der Waals surface area (Å²) in [5.41, 5.74) is 0. The third-order valence-electron chi connectivity index (χ3n) is 4.29. The van der Waals surface area contributed by atoms with E-state index >= 15 is 0 Å². The zero-order valence-corrected chi connectivity index (χ0v) is 13.1. The van der Waals surface area contributed by atoms with Crippen molar-refractivity contribution >= 4 is 0 Å². The molecule has 3 rings (SSSR count). The number of rotatable bonds is 4. The van der Waals surface area contributed by atoms with Crippen molar-refractivity contribution in [1.29, 1.82) is 0 Å². The average Bonchev–Trinajstić information content (AvgIpc) is 3.09. The van der Waals surface area contributed by atoms with Crippen molar-refractivity contribution in [2.45, 2.75) is 52.1 Å². The number of hydrogen-bond acceptors (Lipinski definition) is 4. The largest absolute Gasteiger partial charge is 0.465 e. The van der Waals surface area contributed by atoms with Crippen LogP contribution >= 0.6 is 0 Å². The molecule has 0 aromatic carbocycles. The van der Waals surface area contributed by atoms with E-state index in [1.54, 1.807) is 0 Å². The molecule has 5 nitrogen and oxygen atoms in total. The second-order valence-electron chi connectivity index (χ2n) is 6.25. The molecule has 1 aliphatic heterocycles. The van der Waals surface area contributed by atoms with Crippen molar-refractivity contribution < 1.29 is 4.42 Å². The highest BCUT2D eigenvalue weighted by Crippen LogP contribution is 2.28. The van der Waals surface area contributed by atoms with E-state index in [1.807, 2.05) is 19.3 Å². The first-order valence-corrected chi connectivity index (χ1v) is 7.80. The van der Waals surface area contributed by atoms with Gasteiger partial charge < -0.3 is 8.98 Å². The molecule has 0 amide bonds. The van der Waals surface area contributed by atoms with Crippen molar-refractivity contribution in [3.05, 3.63) is 35.8 Å². The van der Waals surface area contributed by atoms with Gasteiger partial charge in [-0.3, -0.25) is 4.90 Å². The molecule has 3 heterocycles. The highest BCUT2D eigenvalue weighted by atomic mass is 16.3. The molecule has 5 heteroatoms. The van der Waals surface area contributed by atoms with E-state index in [0.29, 0.717) is 12.0 Å². The molecule has 0 aliphatic carbocycles. The second-order valence-corrected chi connectivity index (χ2v) is 6.25. The monoisotopic (exact) mass is 288 g/mol. The first kappa shape index (κ1) is 14.3. The summed E-state index contributed by atoms with van der Waals surface area (Å²) in [6.45, 7) is 9.46. The lowest BCUT2D eigenvalue weighted by molar-refractivity contribution is 0.185. The van der Waals surface area contributed by atoms with E-state index in [1.165, 1.54) is 0 Å². The molecule has 0 N–H and O–H groups in total. The molecule has 2 aromatic heterocycles. The average molecular weight is 288 g/mol. The number of likely N-dealkylation sites (tertiary alicyclic amines) is 1. The fourth-order valence-corrected chi connectivity index (χ4v) is 3.08. The first-order chi connectivity index (χ1) is 10.1. The summed E-state index contributed by atoms with van der Waals surface area (Å²) in [5.74, 6) is 3.74. The number of nitrogens with zero attached hydrogens (tertiary/aromatic N) is 4. The normalized spacial score (nSPS) is 17.7. The number of aryl methyl sites for hydroxylation is 1. The van der Waals surface area contributed by atoms with Crippen LogP contribution in [0.1, 0.15) is 56.0 Å². The van der Waals surface area contributed by atoms with Gasteiger partial charge in [-0.2, -0.15) is 0 Å². The van der Waals surface area contributed by atoms with Crippen LogP contribution in [0.25, 0.3) is 0 Å². The Morgan fingerprint density at radius 3 is 2.67 bits per heavy atom. The molecule has 0 unspecified atom stereocenters. The van der Waals surface area contributed by atoms with Crippen LogP contribution in [0, 0.1) is 6.92 Å². The lowest BCUT2D eigenvalue weighted by Gasteiger charge is -2.31. The molecule has 0 bridgehead atoms. The zero-order chi connectivity index (χ0) is 14.8. The van der Waals surface area contributed by atoms with E-state index < -0.39 is 0 Å². The van der Waals surface area contributed by atoms with E-state index in [2.05, 4.69) is 39.6 Å². The quantitative estimate of drug-likeness (QED) is 0.867. The van der Waals surface area contributed by atoms with E-state index in [0.717, 1.165) is 49.8 Å². The summed E-state index contributed by atoms with van der Waals surface area (Å²) in [5, 5.41) is 8.44. The SMILES string of the molecule is Cc1ccc(CN2CCC(c3nncn3C(C)C)CC2)o1. The molecule has 0 radical (unpaired) electrons. The van der Waals surface area contributed by atoms with Crippen LogP contribution in [0.3, 0.4) is 0 Å². The number of aromatic nitrogens is 3. The summed E-state index contributed by atoms with van der Waals surface area (Å²) < 4.78 is 7.87. The van der Waals surface area contributed by atoms with Crippen LogP contribution in [0.15, 0.2) is 22.9 Å². The van der Waals surface area contributed by atoms with Gasteiger partial charge in [0.05, 0.1) is 6.54 Å². The summed E-state index contributed by atoms with van der Waals surface area (Å²) >= 11 is 0. The summed E-state index contributed by atoms with van der Waals surface area (Å²) in [7, 11) is 0. The Hall–Kier alpha value is -1.62. The van der Waals surface area contributed by atoms with Crippen molar-refractivity contribution in [3.8, 4) is 0 Å². The van der Waals surface area contributed by atoms with Gasteiger partial charge in [0, 0.05) is 12.0 Å². The van der Waals surface area contributed by atoms with Crippen LogP contribution < -0.4 is 0 Å². The zero-order valence-electron chi connectivity index (χ0n) is 13.1. The number of hydrogen-bond donors (Lipinski definition) is 0. The van der Waals surface area contributed by atoms with Gasteiger partial charge in [-0.25, -0.2) is 0 Å². The minimum absolute atomic E-state index is 0.430. The smallest absolute Gasteiger partial charge is 0.136 e. The Morgan fingerprint density at radius 2 is 2.05 bits per heavy atom. The molecule has 1 fully saturated rings. The highest BCUT2D eigenvalue weighted by Gasteiger charge is 2.25. The van der Waals surface area contributed by atoms with Crippen LogP contribution in [0.2, 0.25) is 0 Å². The van der Waals surface area contributed by atoms with Crippen molar-refractivity contribution in [2.24, 2.45) is 0 Å². The molecule has 114 valence electrons. The maximum atomic E-state index is 5.67. The standard InChI is InChI=1S/C16H24N4O/c1-12(2)20-11-17-18-16(20)14-6-8-19(9-7-14)10-15-5-4-13(3)21-15/h4-5,11-12,14H,6-10H2,1-3H3. The van der Waals surface area contributed by atoms with E-state index in [-0.39, 0.29) is 0 Å². The van der Waals surface area contributed by atoms with Gasteiger partial charge in [0.15, 0.2) is 0 Å². The van der Waals surface area contributed by atoms with Crippen molar-refractivity contribution in [3.63, 3.8) is 0 Å². The Morgan fingerprint density at radius 1 is 1.29 bits per heavy atom. The fraction of sp³-hybridized carbons (Fsp3) is 0.625. The van der Waals surface area contributed by atoms with Gasteiger partial charge in [-0.1, -0.05) is 0 Å². The van der Waals surface area contributed by atoms with Gasteiger partial charge >= 0.3 is 0 Å². The van der Waals surface area contributed by atoms with Gasteiger partial charge in [0.2, 0.25) is 0 Å². The lowest BCUT2D eigenvalue weighted by Crippen LogP contribution is -2.33. The summed E-state index contributed by atoms with van der Waals surface area (Å²) in [6.07, 6.45) is 4.15. The molecule has 21 heavy (non-hydrogen) atoms. The maximum Gasteiger partial charge on any atom is 0.136 e. The van der Waals surface area contributed by atoms with Crippen LogP contribution in [0.4, 0.5) is 0 Å². The molecule has 1 saturated heterocycles. The van der Waals surface area contributed by atoms with E-state index in [9.17, 15) is 0 Å². The Bertz CT molecular complexity index is 579. The Balaban J connectivity index is 1.58. The predicted molar refractivity (Wildman–Crippen MR) is 81.1 cm³/mol. The van der Waals surface area contributed by atoms with Gasteiger partial charge in [-0.15, -0.1) is 10.2 Å². The summed E-state index contributed by atoms with van der Waals surface area (Å²) in [4.78, 5) is 2.46. The third kappa shape index (κ3) is 3.18. The minimum Gasteiger partial charge on any atom is -0.465 e. The predicted octanol–water partition coefficient (Wildman–Crippen LogP) is 3.14. The van der Waals surface area contributed by atoms with E-state index in [4.69, 9.17) is 4.42 Å². The third-order valence-corrected chi connectivity index (χ3v) is 4.29. The van der Waals surface area contributed by atoms with Gasteiger partial charge in [0.1, 0.15) is 23.7 Å². The topological polar surface area (TPSA) is 47.1 Å². The highest BCUT2D eigenvalue weighted by molar-refractivity contribution is 5.06. The Kier molecular flexibility index (Phi) is 4.10. The fourth-order valence-electron chi connectivity index (χ4n) is 3.08. The van der Waals surface area contributed by atoms with Crippen LogP contribution in [-0.4, -0.2) is 32.8 Å². The lowest BCUT2D eigenvalue weighted by atomic mass is 9.95. The first-order valence-electron chi connectivity index (χ1n) is 7.80. The molecule has 1 aliphatic rings. The van der Waals surface area contributed by atoms with Crippen molar-refractivity contribution in [2.75, 3.05) is 13.1 Å². The molecule has 0 saturated carbocycles. The molecule has 0 atom stereocenters. The Labute approximate surface area is 126 Å². The molecular weight excluding hydrogens is 264 g/mol. The number of furan rings is 1. The number of piperidine rings is 1. The summed E-state index contributed by atoms with van der Waals surface area (Å²) in [6, 6.07) is 4.54. The molecule has 0 spiro atoms. The van der Waals surface area contributed by atoms with Crippen molar-refractivity contribution in [1.82, 2.24) is 19.7 Å².